The Morgan fingerprint density at radius 2 is 2.12 bits per heavy atom. The van der Waals surface area contributed by atoms with Crippen LogP contribution in [0.4, 0.5) is 0 Å². The number of hydrogen-bond donors (Lipinski definition) is 3. The normalized spacial score (nSPS) is 18.1. The number of halogens is 1. The molecule has 0 amide bonds. The Bertz CT molecular complexity index is 352. The van der Waals surface area contributed by atoms with Gasteiger partial charge in [-0.1, -0.05) is 17.7 Å². The van der Waals surface area contributed by atoms with Crippen molar-refractivity contribution >= 4 is 11.6 Å². The minimum absolute atomic E-state index is 0.137. The van der Waals surface area contributed by atoms with E-state index in [1.165, 1.54) is 0 Å². The quantitative estimate of drug-likeness (QED) is 0.756. The van der Waals surface area contributed by atoms with Crippen molar-refractivity contribution in [1.82, 2.24) is 5.32 Å². The average Bonchev–Trinajstić information content (AvgIpc) is 2.20. The summed E-state index contributed by atoms with van der Waals surface area (Å²) in [4.78, 5) is 0. The third-order valence-electron chi connectivity index (χ3n) is 3.35. The van der Waals surface area contributed by atoms with Crippen LogP contribution >= 0.6 is 11.6 Å². The van der Waals surface area contributed by atoms with Crippen LogP contribution in [0, 0.1) is 0 Å². The maximum Gasteiger partial charge on any atom is 0.121 e. The highest BCUT2D eigenvalue weighted by Crippen LogP contribution is 2.33. The highest BCUT2D eigenvalue weighted by atomic mass is 35.5. The molecule has 1 fully saturated rings. The first kappa shape index (κ1) is 11.7. The molecule has 1 aliphatic rings. The molecule has 0 aromatic heterocycles. The maximum absolute atomic E-state index is 9.66. The lowest BCUT2D eigenvalue weighted by molar-refractivity contribution is 0.0870. The van der Waals surface area contributed by atoms with E-state index in [-0.39, 0.29) is 17.9 Å². The standard InChI is InChI=1S/C12H16ClNO2/c13-10-3-1-4-11(16)9(10)7-14-12(8-15)5-2-6-12/h1,3-4,14-16H,2,5-8H2. The van der Waals surface area contributed by atoms with E-state index in [0.717, 1.165) is 19.3 Å². The molecule has 3 N–H and O–H groups in total. The molecule has 16 heavy (non-hydrogen) atoms. The monoisotopic (exact) mass is 241 g/mol. The van der Waals surface area contributed by atoms with Gasteiger partial charge >= 0.3 is 0 Å². The Kier molecular flexibility index (Phi) is 3.38. The Morgan fingerprint density at radius 3 is 2.62 bits per heavy atom. The zero-order valence-electron chi connectivity index (χ0n) is 9.04. The van der Waals surface area contributed by atoms with Gasteiger partial charge in [0.1, 0.15) is 5.75 Å². The van der Waals surface area contributed by atoms with E-state index in [1.54, 1.807) is 18.2 Å². The molecule has 4 heteroatoms. The van der Waals surface area contributed by atoms with Gasteiger partial charge in [0.2, 0.25) is 0 Å². The van der Waals surface area contributed by atoms with Gasteiger partial charge in [0.25, 0.3) is 0 Å². The summed E-state index contributed by atoms with van der Waals surface area (Å²) in [5.74, 6) is 0.201. The molecule has 3 nitrogen and oxygen atoms in total. The Hall–Kier alpha value is -0.770. The van der Waals surface area contributed by atoms with E-state index in [9.17, 15) is 10.2 Å². The number of benzene rings is 1. The Labute approximate surface area is 100 Å². The summed E-state index contributed by atoms with van der Waals surface area (Å²) in [6.07, 6.45) is 3.10. The summed E-state index contributed by atoms with van der Waals surface area (Å²) in [5.41, 5.74) is 0.537. The number of aliphatic hydroxyl groups excluding tert-OH is 1. The molecule has 0 atom stereocenters. The fraction of sp³-hybridized carbons (Fsp3) is 0.500. The summed E-state index contributed by atoms with van der Waals surface area (Å²) < 4.78 is 0. The van der Waals surface area contributed by atoms with Gasteiger partial charge in [-0.2, -0.15) is 0 Å². The number of aromatic hydroxyl groups is 1. The summed E-state index contributed by atoms with van der Waals surface area (Å²) in [6, 6.07) is 5.09. The van der Waals surface area contributed by atoms with Crippen molar-refractivity contribution in [3.63, 3.8) is 0 Å². The summed E-state index contributed by atoms with van der Waals surface area (Å²) in [7, 11) is 0. The largest absolute Gasteiger partial charge is 0.508 e. The fourth-order valence-corrected chi connectivity index (χ4v) is 2.23. The fourth-order valence-electron chi connectivity index (χ4n) is 1.99. The van der Waals surface area contributed by atoms with Gasteiger partial charge in [-0.05, 0) is 31.4 Å². The predicted octanol–water partition coefficient (Wildman–Crippen LogP) is 2.05. The first-order valence-corrected chi connectivity index (χ1v) is 5.87. The number of phenolic OH excluding ortho intramolecular Hbond substituents is 1. The third-order valence-corrected chi connectivity index (χ3v) is 3.70. The first-order valence-electron chi connectivity index (χ1n) is 5.49. The molecule has 2 rings (SSSR count). The maximum atomic E-state index is 9.66. The lowest BCUT2D eigenvalue weighted by Crippen LogP contribution is -2.53. The topological polar surface area (TPSA) is 52.5 Å². The second-order valence-electron chi connectivity index (χ2n) is 4.38. The van der Waals surface area contributed by atoms with Crippen molar-refractivity contribution in [3.05, 3.63) is 28.8 Å². The average molecular weight is 242 g/mol. The van der Waals surface area contributed by atoms with E-state index in [4.69, 9.17) is 11.6 Å². The lowest BCUT2D eigenvalue weighted by atomic mass is 9.77. The van der Waals surface area contributed by atoms with E-state index < -0.39 is 0 Å². The van der Waals surface area contributed by atoms with Crippen molar-refractivity contribution in [3.8, 4) is 5.75 Å². The van der Waals surface area contributed by atoms with Crippen LogP contribution in [-0.4, -0.2) is 22.4 Å². The molecule has 1 aromatic rings. The molecule has 1 saturated carbocycles. The minimum Gasteiger partial charge on any atom is -0.508 e. The van der Waals surface area contributed by atoms with Crippen LogP contribution in [0.3, 0.4) is 0 Å². The molecule has 1 aromatic carbocycles. The first-order chi connectivity index (χ1) is 7.67. The van der Waals surface area contributed by atoms with Crippen molar-refractivity contribution < 1.29 is 10.2 Å². The summed E-state index contributed by atoms with van der Waals surface area (Å²) >= 11 is 6.00. The van der Waals surface area contributed by atoms with Crippen LogP contribution in [0.5, 0.6) is 5.75 Å². The van der Waals surface area contributed by atoms with E-state index in [0.29, 0.717) is 17.1 Å². The van der Waals surface area contributed by atoms with Crippen LogP contribution in [0.25, 0.3) is 0 Å². The van der Waals surface area contributed by atoms with Crippen molar-refractivity contribution in [2.45, 2.75) is 31.3 Å². The zero-order valence-corrected chi connectivity index (χ0v) is 9.80. The SMILES string of the molecule is OCC1(NCc2c(O)cccc2Cl)CCC1. The number of aliphatic hydroxyl groups is 1. The van der Waals surface area contributed by atoms with Gasteiger partial charge in [-0.15, -0.1) is 0 Å². The van der Waals surface area contributed by atoms with Crippen molar-refractivity contribution in [2.75, 3.05) is 6.61 Å². The predicted molar refractivity (Wildman–Crippen MR) is 63.6 cm³/mol. The van der Waals surface area contributed by atoms with E-state index in [2.05, 4.69) is 5.32 Å². The van der Waals surface area contributed by atoms with Crippen molar-refractivity contribution in [1.29, 1.82) is 0 Å². The second kappa shape index (κ2) is 4.62. The van der Waals surface area contributed by atoms with Gasteiger partial charge in [-0.25, -0.2) is 0 Å². The molecule has 0 bridgehead atoms. The van der Waals surface area contributed by atoms with Gasteiger partial charge < -0.3 is 15.5 Å². The third kappa shape index (κ3) is 2.17. The molecular weight excluding hydrogens is 226 g/mol. The minimum atomic E-state index is -0.161. The van der Waals surface area contributed by atoms with E-state index in [1.807, 2.05) is 0 Å². The van der Waals surface area contributed by atoms with Crippen molar-refractivity contribution in [2.24, 2.45) is 0 Å². The number of rotatable bonds is 4. The van der Waals surface area contributed by atoms with Crippen LogP contribution in [-0.2, 0) is 6.54 Å². The molecule has 0 saturated heterocycles. The number of nitrogens with one attached hydrogen (secondary N) is 1. The molecule has 0 aliphatic heterocycles. The molecule has 88 valence electrons. The van der Waals surface area contributed by atoms with Gasteiger partial charge in [0.05, 0.1) is 6.61 Å². The van der Waals surface area contributed by atoms with Crippen LogP contribution < -0.4 is 5.32 Å². The van der Waals surface area contributed by atoms with E-state index >= 15 is 0 Å². The highest BCUT2D eigenvalue weighted by molar-refractivity contribution is 6.31. The molecule has 1 aliphatic carbocycles. The number of phenols is 1. The van der Waals surface area contributed by atoms with Gasteiger partial charge in [0.15, 0.2) is 0 Å². The summed E-state index contributed by atoms with van der Waals surface area (Å²) in [6.45, 7) is 0.629. The molecule has 0 radical (unpaired) electrons. The summed E-state index contributed by atoms with van der Waals surface area (Å²) in [5, 5.41) is 22.8. The van der Waals surface area contributed by atoms with Gasteiger partial charge in [-0.3, -0.25) is 0 Å². The molecule has 0 heterocycles. The Balaban J connectivity index is 2.04. The van der Waals surface area contributed by atoms with Crippen LogP contribution in [0.1, 0.15) is 24.8 Å². The highest BCUT2D eigenvalue weighted by Gasteiger charge is 2.35. The molecule has 0 unspecified atom stereocenters. The second-order valence-corrected chi connectivity index (χ2v) is 4.79. The zero-order chi connectivity index (χ0) is 11.6. The lowest BCUT2D eigenvalue weighted by Gasteiger charge is -2.41. The van der Waals surface area contributed by atoms with Crippen LogP contribution in [0.2, 0.25) is 5.02 Å². The molecular formula is C12H16ClNO2. The molecule has 0 spiro atoms. The Morgan fingerprint density at radius 1 is 1.38 bits per heavy atom. The smallest absolute Gasteiger partial charge is 0.121 e. The van der Waals surface area contributed by atoms with Gasteiger partial charge in [0, 0.05) is 22.7 Å². The number of hydrogen-bond acceptors (Lipinski definition) is 3. The van der Waals surface area contributed by atoms with Crippen LogP contribution in [0.15, 0.2) is 18.2 Å².